The number of carbonyl (C=O) groups excluding carboxylic acids is 1. The summed E-state index contributed by atoms with van der Waals surface area (Å²) in [6.07, 6.45) is 0.724. The van der Waals surface area contributed by atoms with Crippen molar-refractivity contribution < 1.29 is 9.18 Å². The molecule has 0 aromatic heterocycles. The summed E-state index contributed by atoms with van der Waals surface area (Å²) in [4.78, 5) is 14.4. The maximum atomic E-state index is 14.2. The third-order valence-corrected chi connectivity index (χ3v) is 4.33. The number of anilines is 2. The topological polar surface area (TPSA) is 46.3 Å². The molecule has 1 atom stereocenters. The number of hydrogen-bond donors (Lipinski definition) is 1. The lowest BCUT2D eigenvalue weighted by molar-refractivity contribution is 0.0977. The summed E-state index contributed by atoms with van der Waals surface area (Å²) in [6, 6.07) is 10.2. The van der Waals surface area contributed by atoms with Crippen molar-refractivity contribution in [2.45, 2.75) is 19.4 Å². The van der Waals surface area contributed by atoms with E-state index in [2.05, 4.69) is 15.9 Å². The normalized spacial score (nSPS) is 16.9. The Morgan fingerprint density at radius 3 is 2.90 bits per heavy atom. The molecule has 2 aromatic carbocycles. The number of nitrogen functional groups attached to an aromatic ring is 1. The molecule has 5 heteroatoms. The fourth-order valence-corrected chi connectivity index (χ4v) is 3.13. The first kappa shape index (κ1) is 14.1. The zero-order chi connectivity index (χ0) is 15.1. The van der Waals surface area contributed by atoms with E-state index in [0.717, 1.165) is 17.7 Å². The van der Waals surface area contributed by atoms with Crippen molar-refractivity contribution in [3.05, 3.63) is 57.8 Å². The Labute approximate surface area is 130 Å². The number of rotatable bonds is 1. The quantitative estimate of drug-likeness (QED) is 0.797. The molecular formula is C16H14BrFN2O. The molecule has 1 heterocycles. The van der Waals surface area contributed by atoms with E-state index in [1.54, 1.807) is 23.1 Å². The van der Waals surface area contributed by atoms with Crippen LogP contribution < -0.4 is 10.6 Å². The molecule has 3 rings (SSSR count). The van der Waals surface area contributed by atoms with Crippen LogP contribution in [0.5, 0.6) is 0 Å². The Balaban J connectivity index is 2.05. The maximum Gasteiger partial charge on any atom is 0.261 e. The van der Waals surface area contributed by atoms with Crippen molar-refractivity contribution in [2.75, 3.05) is 10.6 Å². The van der Waals surface area contributed by atoms with Crippen molar-refractivity contribution in [3.63, 3.8) is 0 Å². The van der Waals surface area contributed by atoms with E-state index in [1.807, 2.05) is 19.1 Å². The average Bonchev–Trinajstić information content (AvgIpc) is 2.76. The van der Waals surface area contributed by atoms with Gasteiger partial charge >= 0.3 is 0 Å². The smallest absolute Gasteiger partial charge is 0.261 e. The highest BCUT2D eigenvalue weighted by Crippen LogP contribution is 2.35. The highest BCUT2D eigenvalue weighted by Gasteiger charge is 2.32. The molecule has 1 amide bonds. The number of hydrogen-bond acceptors (Lipinski definition) is 2. The van der Waals surface area contributed by atoms with Crippen LogP contribution in [0.15, 0.2) is 40.9 Å². The van der Waals surface area contributed by atoms with Gasteiger partial charge in [-0.2, -0.15) is 0 Å². The van der Waals surface area contributed by atoms with Gasteiger partial charge < -0.3 is 10.6 Å². The Morgan fingerprint density at radius 2 is 2.14 bits per heavy atom. The number of benzene rings is 2. The average molecular weight is 349 g/mol. The third kappa shape index (κ3) is 2.31. The van der Waals surface area contributed by atoms with Crippen molar-refractivity contribution in [1.82, 2.24) is 0 Å². The molecule has 0 aliphatic carbocycles. The van der Waals surface area contributed by atoms with Crippen LogP contribution in [0.25, 0.3) is 0 Å². The fraction of sp³-hybridized carbons (Fsp3) is 0.188. The number of carbonyl (C=O) groups is 1. The molecule has 0 bridgehead atoms. The molecule has 0 radical (unpaired) electrons. The molecule has 1 aliphatic heterocycles. The lowest BCUT2D eigenvalue weighted by Crippen LogP contribution is -2.36. The predicted molar refractivity (Wildman–Crippen MR) is 84.9 cm³/mol. The Kier molecular flexibility index (Phi) is 3.45. The van der Waals surface area contributed by atoms with Crippen LogP contribution in [0.3, 0.4) is 0 Å². The fourth-order valence-electron chi connectivity index (χ4n) is 2.76. The zero-order valence-corrected chi connectivity index (χ0v) is 13.0. The molecular weight excluding hydrogens is 335 g/mol. The third-order valence-electron chi connectivity index (χ3n) is 3.72. The molecule has 2 N–H and O–H groups in total. The standard InChI is InChI=1S/C16H14BrFN2O/c1-9-7-10-8-11(19)5-6-14(10)20(9)16(21)12-3-2-4-13(17)15(12)18/h2-6,8-9H,7,19H2,1H3. The lowest BCUT2D eigenvalue weighted by Gasteiger charge is -2.23. The first-order chi connectivity index (χ1) is 9.99. The molecule has 108 valence electrons. The summed E-state index contributed by atoms with van der Waals surface area (Å²) in [5.74, 6) is -0.858. The minimum Gasteiger partial charge on any atom is -0.399 e. The van der Waals surface area contributed by atoms with Gasteiger partial charge in [-0.15, -0.1) is 0 Å². The van der Waals surface area contributed by atoms with E-state index < -0.39 is 5.82 Å². The lowest BCUT2D eigenvalue weighted by atomic mass is 10.1. The van der Waals surface area contributed by atoms with E-state index in [1.165, 1.54) is 6.07 Å². The van der Waals surface area contributed by atoms with Gasteiger partial charge in [0.1, 0.15) is 5.82 Å². The van der Waals surface area contributed by atoms with Crippen molar-refractivity contribution in [2.24, 2.45) is 0 Å². The molecule has 0 fully saturated rings. The highest BCUT2D eigenvalue weighted by atomic mass is 79.9. The first-order valence-corrected chi connectivity index (χ1v) is 7.44. The number of fused-ring (bicyclic) bond motifs is 1. The molecule has 3 nitrogen and oxygen atoms in total. The number of nitrogens with zero attached hydrogens (tertiary/aromatic N) is 1. The van der Waals surface area contributed by atoms with E-state index in [4.69, 9.17) is 5.73 Å². The van der Waals surface area contributed by atoms with Crippen molar-refractivity contribution in [1.29, 1.82) is 0 Å². The highest BCUT2D eigenvalue weighted by molar-refractivity contribution is 9.10. The van der Waals surface area contributed by atoms with Gasteiger partial charge in [0.2, 0.25) is 0 Å². The molecule has 2 aromatic rings. The molecule has 21 heavy (non-hydrogen) atoms. The Hall–Kier alpha value is -1.88. The number of amides is 1. The van der Waals surface area contributed by atoms with Crippen LogP contribution in [0.2, 0.25) is 0 Å². The van der Waals surface area contributed by atoms with Gasteiger partial charge in [0.05, 0.1) is 10.0 Å². The first-order valence-electron chi connectivity index (χ1n) is 6.65. The molecule has 0 saturated heterocycles. The minimum absolute atomic E-state index is 0.0207. The van der Waals surface area contributed by atoms with Gasteiger partial charge in [0.25, 0.3) is 5.91 Å². The summed E-state index contributed by atoms with van der Waals surface area (Å²) in [5, 5.41) is 0. The van der Waals surface area contributed by atoms with Gasteiger partial charge in [-0.1, -0.05) is 6.07 Å². The maximum absolute atomic E-state index is 14.2. The van der Waals surface area contributed by atoms with E-state index >= 15 is 0 Å². The summed E-state index contributed by atoms with van der Waals surface area (Å²) in [7, 11) is 0. The van der Waals surface area contributed by atoms with Gasteiger partial charge in [0, 0.05) is 17.4 Å². The predicted octanol–water partition coefficient (Wildman–Crippen LogP) is 3.76. The number of nitrogens with two attached hydrogens (primary N) is 1. The van der Waals surface area contributed by atoms with Crippen LogP contribution in [0, 0.1) is 5.82 Å². The molecule has 1 unspecified atom stereocenters. The van der Waals surface area contributed by atoms with Gasteiger partial charge in [-0.3, -0.25) is 4.79 Å². The number of halogens is 2. The van der Waals surface area contributed by atoms with Crippen molar-refractivity contribution >= 4 is 33.2 Å². The Morgan fingerprint density at radius 1 is 1.38 bits per heavy atom. The second-order valence-corrected chi connectivity index (χ2v) is 6.07. The SMILES string of the molecule is CC1Cc2cc(N)ccc2N1C(=O)c1cccc(Br)c1F. The Bertz CT molecular complexity index is 732. The second-order valence-electron chi connectivity index (χ2n) is 5.22. The van der Waals surface area contributed by atoms with Crippen LogP contribution in [-0.4, -0.2) is 11.9 Å². The molecule has 0 spiro atoms. The largest absolute Gasteiger partial charge is 0.399 e. The zero-order valence-electron chi connectivity index (χ0n) is 11.4. The summed E-state index contributed by atoms with van der Waals surface area (Å²) < 4.78 is 14.4. The van der Waals surface area contributed by atoms with Gasteiger partial charge in [-0.25, -0.2) is 4.39 Å². The molecule has 0 saturated carbocycles. The minimum atomic E-state index is -0.529. The van der Waals surface area contributed by atoms with E-state index in [0.29, 0.717) is 5.69 Å². The van der Waals surface area contributed by atoms with Gasteiger partial charge in [-0.05, 0) is 65.2 Å². The summed E-state index contributed by atoms with van der Waals surface area (Å²) in [5.41, 5.74) is 8.35. The van der Waals surface area contributed by atoms with E-state index in [9.17, 15) is 9.18 Å². The molecule has 1 aliphatic rings. The van der Waals surface area contributed by atoms with Crippen LogP contribution >= 0.6 is 15.9 Å². The van der Waals surface area contributed by atoms with Crippen LogP contribution in [0.1, 0.15) is 22.8 Å². The second kappa shape index (κ2) is 5.15. The van der Waals surface area contributed by atoms with Crippen LogP contribution in [0.4, 0.5) is 15.8 Å². The summed E-state index contributed by atoms with van der Waals surface area (Å²) in [6.45, 7) is 1.95. The van der Waals surface area contributed by atoms with Crippen LogP contribution in [-0.2, 0) is 6.42 Å². The van der Waals surface area contributed by atoms with Gasteiger partial charge in [0.15, 0.2) is 0 Å². The van der Waals surface area contributed by atoms with E-state index in [-0.39, 0.29) is 22.0 Å². The van der Waals surface area contributed by atoms with Crippen molar-refractivity contribution in [3.8, 4) is 0 Å². The monoisotopic (exact) mass is 348 g/mol. The summed E-state index contributed by atoms with van der Waals surface area (Å²) >= 11 is 3.12.